The van der Waals surface area contributed by atoms with Crippen molar-refractivity contribution >= 4 is 39.9 Å². The second-order valence-electron chi connectivity index (χ2n) is 10.1. The van der Waals surface area contributed by atoms with Gasteiger partial charge in [0.2, 0.25) is 5.91 Å². The third-order valence-electron chi connectivity index (χ3n) is 6.50. The first kappa shape index (κ1) is 26.5. The quantitative estimate of drug-likeness (QED) is 0.260. The Kier molecular flexibility index (Phi) is 9.00. The lowest BCUT2D eigenvalue weighted by molar-refractivity contribution is -0.123. The lowest BCUT2D eigenvalue weighted by atomic mass is 9.96. The maximum absolute atomic E-state index is 13.0. The molecule has 2 amide bonds. The van der Waals surface area contributed by atoms with Crippen molar-refractivity contribution in [2.24, 2.45) is 5.92 Å². The first-order valence-corrected chi connectivity index (χ1v) is 13.1. The molecule has 0 aliphatic carbocycles. The van der Waals surface area contributed by atoms with E-state index >= 15 is 0 Å². The summed E-state index contributed by atoms with van der Waals surface area (Å²) in [5, 5.41) is 13.8. The van der Waals surface area contributed by atoms with E-state index in [0.29, 0.717) is 42.4 Å². The maximum atomic E-state index is 13.0. The van der Waals surface area contributed by atoms with Gasteiger partial charge >= 0.3 is 0 Å². The van der Waals surface area contributed by atoms with Crippen LogP contribution in [0.3, 0.4) is 0 Å². The molecule has 0 bridgehead atoms. The molecule has 1 unspecified atom stereocenters. The van der Waals surface area contributed by atoms with Crippen molar-refractivity contribution in [3.8, 4) is 0 Å². The number of nitrogens with zero attached hydrogens (tertiary/aromatic N) is 1. The van der Waals surface area contributed by atoms with Crippen LogP contribution in [0.1, 0.15) is 56.8 Å². The number of hydrogen-bond donors (Lipinski definition) is 5. The molecule has 0 saturated carbocycles. The minimum absolute atomic E-state index is 0.0250. The number of anilines is 3. The Balaban J connectivity index is 1.31. The third kappa shape index (κ3) is 7.69. The smallest absolute Gasteiger partial charge is 0.254 e. The lowest BCUT2D eigenvalue weighted by Crippen LogP contribution is -2.37. The molecule has 9 nitrogen and oxygen atoms in total. The van der Waals surface area contributed by atoms with Crippen LogP contribution in [0.15, 0.2) is 42.7 Å². The summed E-state index contributed by atoms with van der Waals surface area (Å²) < 4.78 is 5.36. The van der Waals surface area contributed by atoms with E-state index in [0.717, 1.165) is 42.6 Å². The second kappa shape index (κ2) is 12.6. The van der Waals surface area contributed by atoms with Gasteiger partial charge in [0.15, 0.2) is 0 Å². The van der Waals surface area contributed by atoms with E-state index in [1.54, 1.807) is 6.20 Å². The Bertz CT molecular complexity index is 1200. The van der Waals surface area contributed by atoms with Crippen molar-refractivity contribution in [2.45, 2.75) is 58.5 Å². The van der Waals surface area contributed by atoms with Gasteiger partial charge in [0.05, 0.1) is 11.3 Å². The summed E-state index contributed by atoms with van der Waals surface area (Å²) >= 11 is 0. The predicted octanol–water partition coefficient (Wildman–Crippen LogP) is 4.57. The van der Waals surface area contributed by atoms with Crippen molar-refractivity contribution in [1.29, 1.82) is 0 Å². The lowest BCUT2D eigenvalue weighted by Gasteiger charge is -2.22. The van der Waals surface area contributed by atoms with Crippen molar-refractivity contribution in [3.05, 3.63) is 48.3 Å². The van der Waals surface area contributed by atoms with E-state index in [2.05, 4.69) is 31.2 Å². The van der Waals surface area contributed by atoms with Crippen LogP contribution < -0.4 is 21.3 Å². The number of pyridine rings is 1. The molecule has 5 N–H and O–H groups in total. The minimum Gasteiger partial charge on any atom is -0.382 e. The summed E-state index contributed by atoms with van der Waals surface area (Å²) in [5.74, 6) is 0.915. The Hall–Kier alpha value is -3.59. The molecule has 1 aromatic carbocycles. The number of H-pyrrole nitrogens is 1. The Morgan fingerprint density at radius 2 is 1.95 bits per heavy atom. The number of aromatic nitrogens is 2. The second-order valence-corrected chi connectivity index (χ2v) is 10.1. The van der Waals surface area contributed by atoms with Crippen LogP contribution in [0, 0.1) is 5.92 Å². The van der Waals surface area contributed by atoms with Crippen LogP contribution in [-0.2, 0) is 9.53 Å². The highest BCUT2D eigenvalue weighted by Gasteiger charge is 2.19. The van der Waals surface area contributed by atoms with E-state index in [-0.39, 0.29) is 23.9 Å². The number of nitrogens with one attached hydrogen (secondary N) is 5. The highest BCUT2D eigenvalue weighted by atomic mass is 16.5. The monoisotopic (exact) mass is 506 g/mol. The number of fused-ring (bicyclic) bond motifs is 1. The first-order valence-electron chi connectivity index (χ1n) is 13.1. The minimum atomic E-state index is -0.198. The van der Waals surface area contributed by atoms with Gasteiger partial charge in [-0.3, -0.25) is 9.59 Å². The topological polar surface area (TPSA) is 120 Å². The summed E-state index contributed by atoms with van der Waals surface area (Å²) in [5.41, 5.74) is 3.18. The molecular weight excluding hydrogens is 468 g/mol. The summed E-state index contributed by atoms with van der Waals surface area (Å²) in [6.45, 7) is 7.95. The summed E-state index contributed by atoms with van der Waals surface area (Å²) in [6.07, 6.45) is 6.57. The molecule has 1 atom stereocenters. The van der Waals surface area contributed by atoms with Crippen LogP contribution >= 0.6 is 0 Å². The summed E-state index contributed by atoms with van der Waals surface area (Å²) in [6, 6.07) is 10.0. The molecule has 37 heavy (non-hydrogen) atoms. The summed E-state index contributed by atoms with van der Waals surface area (Å²) in [7, 11) is 0. The van der Waals surface area contributed by atoms with E-state index in [1.165, 1.54) is 0 Å². The van der Waals surface area contributed by atoms with Gasteiger partial charge in [0, 0.05) is 73.3 Å². The van der Waals surface area contributed by atoms with Crippen molar-refractivity contribution in [3.63, 3.8) is 0 Å². The molecule has 1 aliphatic rings. The van der Waals surface area contributed by atoms with Crippen LogP contribution in [0.5, 0.6) is 0 Å². The molecule has 198 valence electrons. The number of amides is 2. The van der Waals surface area contributed by atoms with Gasteiger partial charge < -0.3 is 31.0 Å². The van der Waals surface area contributed by atoms with Crippen molar-refractivity contribution < 1.29 is 14.3 Å². The normalized spacial score (nSPS) is 14.9. The maximum Gasteiger partial charge on any atom is 0.254 e. The first-order chi connectivity index (χ1) is 17.9. The van der Waals surface area contributed by atoms with Gasteiger partial charge in [-0.05, 0) is 70.2 Å². The van der Waals surface area contributed by atoms with Crippen LogP contribution in [0.2, 0.25) is 0 Å². The molecule has 9 heteroatoms. The highest BCUT2D eigenvalue weighted by molar-refractivity contribution is 6.00. The van der Waals surface area contributed by atoms with Crippen LogP contribution in [0.4, 0.5) is 17.2 Å². The predicted molar refractivity (Wildman–Crippen MR) is 147 cm³/mol. The molecule has 1 aliphatic heterocycles. The Morgan fingerprint density at radius 3 is 2.73 bits per heavy atom. The average molecular weight is 507 g/mol. The van der Waals surface area contributed by atoms with E-state index in [9.17, 15) is 9.59 Å². The Labute approximate surface area is 218 Å². The molecule has 1 saturated heterocycles. The fourth-order valence-corrected chi connectivity index (χ4v) is 4.53. The molecule has 3 heterocycles. The van der Waals surface area contributed by atoms with Gasteiger partial charge in [-0.1, -0.05) is 0 Å². The van der Waals surface area contributed by atoms with Crippen molar-refractivity contribution in [2.75, 3.05) is 30.4 Å². The summed E-state index contributed by atoms with van der Waals surface area (Å²) in [4.78, 5) is 33.0. The van der Waals surface area contributed by atoms with E-state index in [1.807, 2.05) is 57.3 Å². The molecule has 3 aromatic rings. The van der Waals surface area contributed by atoms with Gasteiger partial charge in [-0.15, -0.1) is 0 Å². The fraction of sp³-hybridized carbons (Fsp3) is 0.464. The number of ether oxygens (including phenoxy) is 1. The van der Waals surface area contributed by atoms with Gasteiger partial charge in [0.1, 0.15) is 5.82 Å². The van der Waals surface area contributed by atoms with E-state index < -0.39 is 0 Å². The zero-order chi connectivity index (χ0) is 26.2. The van der Waals surface area contributed by atoms with Gasteiger partial charge in [-0.2, -0.15) is 0 Å². The molecule has 4 rings (SSSR count). The molecule has 1 fully saturated rings. The fourth-order valence-electron chi connectivity index (χ4n) is 4.53. The molecular formula is C28H38N6O3. The van der Waals surface area contributed by atoms with Gasteiger partial charge in [0.25, 0.3) is 5.91 Å². The zero-order valence-electron chi connectivity index (χ0n) is 21.9. The van der Waals surface area contributed by atoms with Crippen molar-refractivity contribution in [1.82, 2.24) is 20.6 Å². The van der Waals surface area contributed by atoms with Gasteiger partial charge in [-0.25, -0.2) is 4.98 Å². The third-order valence-corrected chi connectivity index (χ3v) is 6.50. The van der Waals surface area contributed by atoms with Crippen LogP contribution in [-0.4, -0.2) is 53.6 Å². The molecule has 2 aromatic heterocycles. The highest BCUT2D eigenvalue weighted by Crippen LogP contribution is 2.25. The number of carbonyl (C=O) groups excluding carboxylic acids is 2. The SMILES string of the molecule is CC(C)Nc1cc(Nc2ccc3[nH]ccc3c2)ncc1C(=O)NCCC(C)NC(=O)CC1CCOCC1. The largest absolute Gasteiger partial charge is 0.382 e. The average Bonchev–Trinajstić information content (AvgIpc) is 3.32. The number of benzene rings is 1. The Morgan fingerprint density at radius 1 is 1.14 bits per heavy atom. The molecule has 0 radical (unpaired) electrons. The standard InChI is InChI=1S/C28H38N6O3/c1-18(2)32-25-16-26(34-22-4-5-24-21(15-22)7-11-29-24)31-17-23(25)28(36)30-10-6-19(3)33-27(35)14-20-8-12-37-13-9-20/h4-5,7,11,15-20,29H,6,8-10,12-14H2,1-3H3,(H,30,36)(H,33,35)(H2,31,32,34). The number of rotatable bonds is 11. The molecule has 0 spiro atoms. The zero-order valence-corrected chi connectivity index (χ0v) is 21.9. The number of aromatic amines is 1. The number of hydrogen-bond acceptors (Lipinski definition) is 6. The number of carbonyl (C=O) groups is 2. The van der Waals surface area contributed by atoms with E-state index in [4.69, 9.17) is 4.74 Å². The van der Waals surface area contributed by atoms with Crippen LogP contribution in [0.25, 0.3) is 10.9 Å².